The van der Waals surface area contributed by atoms with Crippen LogP contribution in [0.15, 0.2) is 22.7 Å². The van der Waals surface area contributed by atoms with Gasteiger partial charge in [-0.15, -0.1) is 12.4 Å². The molecule has 2 bridgehead atoms. The number of anilines is 1. The van der Waals surface area contributed by atoms with Crippen LogP contribution in [-0.2, 0) is 4.79 Å². The Bertz CT molecular complexity index is 521. The van der Waals surface area contributed by atoms with Crippen LogP contribution in [0.5, 0.6) is 0 Å². The summed E-state index contributed by atoms with van der Waals surface area (Å²) in [4.78, 5) is 12.4. The average Bonchev–Trinajstić information content (AvgIpc) is 2.94. The summed E-state index contributed by atoms with van der Waals surface area (Å²) in [5, 5.41) is 3.02. The molecule has 20 heavy (non-hydrogen) atoms. The molecule has 0 radical (unpaired) electrons. The normalized spacial score (nSPS) is 30.9. The first-order valence-electron chi connectivity index (χ1n) is 6.89. The van der Waals surface area contributed by atoms with Crippen molar-refractivity contribution in [2.24, 2.45) is 23.5 Å². The van der Waals surface area contributed by atoms with Crippen molar-refractivity contribution in [3.05, 3.63) is 28.2 Å². The van der Waals surface area contributed by atoms with Crippen molar-refractivity contribution in [3.8, 4) is 0 Å². The molecule has 110 valence electrons. The number of hydrogen-bond acceptors (Lipinski definition) is 2. The zero-order chi connectivity index (χ0) is 13.6. The molecule has 3 rings (SSSR count). The Morgan fingerprint density at radius 3 is 2.65 bits per heavy atom. The van der Waals surface area contributed by atoms with Crippen molar-refractivity contribution in [2.75, 3.05) is 5.32 Å². The molecule has 1 amide bonds. The van der Waals surface area contributed by atoms with Gasteiger partial charge in [-0.1, -0.05) is 22.0 Å². The first-order valence-corrected chi connectivity index (χ1v) is 7.68. The number of hydrogen-bond donors (Lipinski definition) is 2. The highest BCUT2D eigenvalue weighted by molar-refractivity contribution is 9.10. The van der Waals surface area contributed by atoms with Crippen LogP contribution < -0.4 is 11.1 Å². The monoisotopic (exact) mass is 358 g/mol. The van der Waals surface area contributed by atoms with E-state index in [9.17, 15) is 4.79 Å². The second kappa shape index (κ2) is 6.04. The van der Waals surface area contributed by atoms with Gasteiger partial charge in [0, 0.05) is 16.2 Å². The number of halogens is 2. The number of nitrogens with one attached hydrogen (secondary N) is 1. The molecule has 2 fully saturated rings. The first kappa shape index (κ1) is 15.8. The van der Waals surface area contributed by atoms with Gasteiger partial charge in [-0.25, -0.2) is 0 Å². The molecule has 4 unspecified atom stereocenters. The molecule has 0 aromatic heterocycles. The van der Waals surface area contributed by atoms with Gasteiger partial charge in [-0.05, 0) is 55.7 Å². The molecule has 1 aromatic carbocycles. The summed E-state index contributed by atoms with van der Waals surface area (Å²) in [6, 6.07) is 5.94. The summed E-state index contributed by atoms with van der Waals surface area (Å²) in [7, 11) is 0. The maximum Gasteiger partial charge on any atom is 0.229 e. The van der Waals surface area contributed by atoms with E-state index < -0.39 is 0 Å². The molecule has 5 heteroatoms. The van der Waals surface area contributed by atoms with Crippen LogP contribution in [0.3, 0.4) is 0 Å². The third kappa shape index (κ3) is 2.74. The molecular formula is C15H20BrClN2O. The highest BCUT2D eigenvalue weighted by Gasteiger charge is 2.49. The lowest BCUT2D eigenvalue weighted by Gasteiger charge is -2.27. The summed E-state index contributed by atoms with van der Waals surface area (Å²) >= 11 is 3.49. The molecule has 1 aromatic rings. The van der Waals surface area contributed by atoms with Crippen LogP contribution >= 0.6 is 28.3 Å². The van der Waals surface area contributed by atoms with Crippen LogP contribution in [0, 0.1) is 24.7 Å². The van der Waals surface area contributed by atoms with Gasteiger partial charge in [0.2, 0.25) is 5.91 Å². The van der Waals surface area contributed by atoms with Crippen molar-refractivity contribution < 1.29 is 4.79 Å². The predicted octanol–water partition coefficient (Wildman–Crippen LogP) is 3.49. The SMILES string of the molecule is Cc1ccc(NC(=O)C2C3CCC(C3)C2N)cc1Br.Cl. The van der Waals surface area contributed by atoms with Gasteiger partial charge < -0.3 is 11.1 Å². The molecule has 0 heterocycles. The van der Waals surface area contributed by atoms with Gasteiger partial charge in [0.05, 0.1) is 5.92 Å². The van der Waals surface area contributed by atoms with E-state index in [2.05, 4.69) is 21.2 Å². The smallest absolute Gasteiger partial charge is 0.229 e. The van der Waals surface area contributed by atoms with E-state index in [0.29, 0.717) is 11.8 Å². The Morgan fingerprint density at radius 2 is 2.05 bits per heavy atom. The summed E-state index contributed by atoms with van der Waals surface area (Å²) in [6.07, 6.45) is 3.50. The van der Waals surface area contributed by atoms with Crippen molar-refractivity contribution in [1.29, 1.82) is 0 Å². The van der Waals surface area contributed by atoms with E-state index in [1.807, 2.05) is 25.1 Å². The number of nitrogens with two attached hydrogens (primary N) is 1. The maximum absolute atomic E-state index is 12.4. The number of carbonyl (C=O) groups excluding carboxylic acids is 1. The number of aryl methyl sites for hydroxylation is 1. The number of fused-ring (bicyclic) bond motifs is 2. The summed E-state index contributed by atoms with van der Waals surface area (Å²) in [5.74, 6) is 1.15. The predicted molar refractivity (Wildman–Crippen MR) is 87.1 cm³/mol. The summed E-state index contributed by atoms with van der Waals surface area (Å²) in [6.45, 7) is 2.03. The van der Waals surface area contributed by atoms with Gasteiger partial charge >= 0.3 is 0 Å². The third-order valence-corrected chi connectivity index (χ3v) is 5.58. The quantitative estimate of drug-likeness (QED) is 0.849. The zero-order valence-electron chi connectivity index (χ0n) is 11.4. The van der Waals surface area contributed by atoms with E-state index in [1.54, 1.807) is 0 Å². The first-order chi connectivity index (χ1) is 9.06. The van der Waals surface area contributed by atoms with Crippen molar-refractivity contribution in [2.45, 2.75) is 32.2 Å². The van der Waals surface area contributed by atoms with E-state index >= 15 is 0 Å². The molecule has 2 saturated carbocycles. The van der Waals surface area contributed by atoms with Gasteiger partial charge in [0.25, 0.3) is 0 Å². The van der Waals surface area contributed by atoms with Crippen LogP contribution in [0.4, 0.5) is 5.69 Å². The Morgan fingerprint density at radius 1 is 1.35 bits per heavy atom. The van der Waals surface area contributed by atoms with Crippen LogP contribution in [0.1, 0.15) is 24.8 Å². The number of amides is 1. The largest absolute Gasteiger partial charge is 0.327 e. The minimum atomic E-state index is -0.00108. The van der Waals surface area contributed by atoms with Gasteiger partial charge in [0.15, 0.2) is 0 Å². The molecule has 3 N–H and O–H groups in total. The van der Waals surface area contributed by atoms with Crippen LogP contribution in [0.2, 0.25) is 0 Å². The topological polar surface area (TPSA) is 55.1 Å². The summed E-state index contributed by atoms with van der Waals surface area (Å²) in [5.41, 5.74) is 8.21. The molecule has 3 nitrogen and oxygen atoms in total. The highest BCUT2D eigenvalue weighted by Crippen LogP contribution is 2.47. The average molecular weight is 360 g/mol. The van der Waals surface area contributed by atoms with Crippen molar-refractivity contribution in [3.63, 3.8) is 0 Å². The third-order valence-electron chi connectivity index (χ3n) is 4.72. The lowest BCUT2D eigenvalue weighted by molar-refractivity contribution is -0.121. The van der Waals surface area contributed by atoms with E-state index in [1.165, 1.54) is 6.42 Å². The minimum Gasteiger partial charge on any atom is -0.327 e. The van der Waals surface area contributed by atoms with Crippen molar-refractivity contribution >= 4 is 39.9 Å². The molecular weight excluding hydrogens is 340 g/mol. The Hall–Kier alpha value is -0.580. The molecule has 4 atom stereocenters. The highest BCUT2D eigenvalue weighted by atomic mass is 79.9. The molecule has 0 aliphatic heterocycles. The Labute approximate surface area is 134 Å². The Kier molecular flexibility index (Phi) is 4.77. The fourth-order valence-corrected chi connectivity index (χ4v) is 4.00. The van der Waals surface area contributed by atoms with E-state index in [-0.39, 0.29) is 30.3 Å². The number of carbonyl (C=O) groups is 1. The lowest BCUT2D eigenvalue weighted by Crippen LogP contribution is -2.42. The van der Waals surface area contributed by atoms with Crippen LogP contribution in [0.25, 0.3) is 0 Å². The van der Waals surface area contributed by atoms with E-state index in [4.69, 9.17) is 5.73 Å². The Balaban J connectivity index is 0.00000147. The number of benzene rings is 1. The minimum absolute atomic E-state index is 0. The second-order valence-corrected chi connectivity index (χ2v) is 6.74. The van der Waals surface area contributed by atoms with E-state index in [0.717, 1.165) is 28.6 Å². The fourth-order valence-electron chi connectivity index (χ4n) is 3.62. The molecule has 0 spiro atoms. The molecule has 2 aliphatic rings. The molecule has 0 saturated heterocycles. The lowest BCUT2D eigenvalue weighted by atomic mass is 9.84. The fraction of sp³-hybridized carbons (Fsp3) is 0.533. The summed E-state index contributed by atoms with van der Waals surface area (Å²) < 4.78 is 1.02. The van der Waals surface area contributed by atoms with Gasteiger partial charge in [0.1, 0.15) is 0 Å². The molecule has 2 aliphatic carbocycles. The second-order valence-electron chi connectivity index (χ2n) is 5.89. The van der Waals surface area contributed by atoms with Gasteiger partial charge in [-0.3, -0.25) is 4.79 Å². The standard InChI is InChI=1S/C15H19BrN2O.ClH/c1-8-2-5-11(7-12(8)16)18-15(19)13-9-3-4-10(6-9)14(13)17;/h2,5,7,9-10,13-14H,3-4,6,17H2,1H3,(H,18,19);1H. The maximum atomic E-state index is 12.4. The van der Waals surface area contributed by atoms with Crippen molar-refractivity contribution in [1.82, 2.24) is 0 Å². The van der Waals surface area contributed by atoms with Gasteiger partial charge in [-0.2, -0.15) is 0 Å². The van der Waals surface area contributed by atoms with Crippen LogP contribution in [-0.4, -0.2) is 11.9 Å². The zero-order valence-corrected chi connectivity index (χ0v) is 13.8. The number of rotatable bonds is 2.